The lowest BCUT2D eigenvalue weighted by molar-refractivity contribution is -0.144. The SMILES string of the molecule is CCCCOC(=O)Cn1ccc2c(N)nc(N)nc21. The molecule has 2 aromatic heterocycles. The molecule has 7 heteroatoms. The van der Waals surface area contributed by atoms with Crippen molar-refractivity contribution in [2.75, 3.05) is 18.1 Å². The van der Waals surface area contributed by atoms with E-state index in [0.717, 1.165) is 12.8 Å². The van der Waals surface area contributed by atoms with E-state index in [1.165, 1.54) is 0 Å². The van der Waals surface area contributed by atoms with Gasteiger partial charge in [0.2, 0.25) is 5.95 Å². The highest BCUT2D eigenvalue weighted by atomic mass is 16.5. The zero-order chi connectivity index (χ0) is 13.8. The predicted octanol–water partition coefficient (Wildman–Crippen LogP) is 0.939. The highest BCUT2D eigenvalue weighted by molar-refractivity contribution is 5.88. The molecule has 7 nitrogen and oxygen atoms in total. The molecule has 0 spiro atoms. The van der Waals surface area contributed by atoms with Gasteiger partial charge in [0.25, 0.3) is 0 Å². The number of anilines is 2. The molecule has 0 amide bonds. The van der Waals surface area contributed by atoms with Crippen LogP contribution in [-0.4, -0.2) is 27.1 Å². The number of carbonyl (C=O) groups is 1. The van der Waals surface area contributed by atoms with E-state index in [1.54, 1.807) is 16.8 Å². The van der Waals surface area contributed by atoms with E-state index < -0.39 is 0 Å². The van der Waals surface area contributed by atoms with Crippen LogP contribution in [0.3, 0.4) is 0 Å². The highest BCUT2D eigenvalue weighted by Gasteiger charge is 2.11. The number of carbonyl (C=O) groups excluding carboxylic acids is 1. The summed E-state index contributed by atoms with van der Waals surface area (Å²) in [5.41, 5.74) is 11.8. The number of aromatic nitrogens is 3. The molecule has 0 radical (unpaired) electrons. The van der Waals surface area contributed by atoms with Gasteiger partial charge < -0.3 is 20.8 Å². The van der Waals surface area contributed by atoms with Crippen molar-refractivity contribution in [2.45, 2.75) is 26.3 Å². The van der Waals surface area contributed by atoms with Crippen LogP contribution in [0.25, 0.3) is 11.0 Å². The minimum atomic E-state index is -0.304. The fourth-order valence-electron chi connectivity index (χ4n) is 1.75. The molecule has 0 aliphatic carbocycles. The Bertz CT molecular complexity index is 593. The molecule has 4 N–H and O–H groups in total. The first-order chi connectivity index (χ1) is 9.11. The molecule has 102 valence electrons. The van der Waals surface area contributed by atoms with Crippen molar-refractivity contribution in [2.24, 2.45) is 0 Å². The number of hydrogen-bond acceptors (Lipinski definition) is 6. The number of unbranched alkanes of at least 4 members (excludes halogenated alkanes) is 1. The number of fused-ring (bicyclic) bond motifs is 1. The van der Waals surface area contributed by atoms with Crippen LogP contribution in [0.2, 0.25) is 0 Å². The minimum absolute atomic E-state index is 0.0864. The Balaban J connectivity index is 2.15. The van der Waals surface area contributed by atoms with Crippen LogP contribution in [-0.2, 0) is 16.1 Å². The van der Waals surface area contributed by atoms with Gasteiger partial charge >= 0.3 is 5.97 Å². The molecule has 2 rings (SSSR count). The minimum Gasteiger partial charge on any atom is -0.464 e. The molecule has 0 bridgehead atoms. The average Bonchev–Trinajstić information content (AvgIpc) is 2.73. The van der Waals surface area contributed by atoms with Gasteiger partial charge in [0, 0.05) is 6.20 Å². The quantitative estimate of drug-likeness (QED) is 0.613. The number of nitrogens with zero attached hydrogens (tertiary/aromatic N) is 3. The van der Waals surface area contributed by atoms with E-state index in [4.69, 9.17) is 16.2 Å². The molecule has 2 heterocycles. The molecule has 0 aliphatic heterocycles. The van der Waals surface area contributed by atoms with E-state index in [0.29, 0.717) is 23.5 Å². The highest BCUT2D eigenvalue weighted by Crippen LogP contribution is 2.19. The average molecular weight is 263 g/mol. The standard InChI is InChI=1S/C12H17N5O2/c1-2-3-6-19-9(18)7-17-5-4-8-10(13)15-12(14)16-11(8)17/h4-5H,2-3,6-7H2,1H3,(H4,13,14,15,16). The molecule has 0 unspecified atom stereocenters. The van der Waals surface area contributed by atoms with E-state index >= 15 is 0 Å². The Hall–Kier alpha value is -2.31. The van der Waals surface area contributed by atoms with Crippen molar-refractivity contribution < 1.29 is 9.53 Å². The van der Waals surface area contributed by atoms with Gasteiger partial charge in [-0.05, 0) is 12.5 Å². The van der Waals surface area contributed by atoms with Gasteiger partial charge in [0.15, 0.2) is 0 Å². The van der Waals surface area contributed by atoms with Gasteiger partial charge in [-0.15, -0.1) is 0 Å². The normalized spacial score (nSPS) is 10.8. The number of nitrogens with two attached hydrogens (primary N) is 2. The van der Waals surface area contributed by atoms with Crippen molar-refractivity contribution in [3.8, 4) is 0 Å². The maximum atomic E-state index is 11.6. The van der Waals surface area contributed by atoms with Crippen LogP contribution in [0, 0.1) is 0 Å². The summed E-state index contributed by atoms with van der Waals surface area (Å²) in [6.45, 7) is 2.56. The Morgan fingerprint density at radius 3 is 2.95 bits per heavy atom. The van der Waals surface area contributed by atoms with Crippen molar-refractivity contribution in [3.63, 3.8) is 0 Å². The third kappa shape index (κ3) is 2.93. The van der Waals surface area contributed by atoms with E-state index in [1.807, 2.05) is 6.92 Å². The Morgan fingerprint density at radius 1 is 1.42 bits per heavy atom. The monoisotopic (exact) mass is 263 g/mol. The summed E-state index contributed by atoms with van der Waals surface area (Å²) in [5, 5.41) is 0.676. The van der Waals surface area contributed by atoms with Crippen molar-refractivity contribution >= 4 is 28.8 Å². The first-order valence-corrected chi connectivity index (χ1v) is 6.15. The van der Waals surface area contributed by atoms with Crippen LogP contribution in [0.15, 0.2) is 12.3 Å². The zero-order valence-corrected chi connectivity index (χ0v) is 10.8. The number of ether oxygens (including phenoxy) is 1. The Labute approximate surface area is 110 Å². The lowest BCUT2D eigenvalue weighted by atomic mass is 10.4. The van der Waals surface area contributed by atoms with E-state index in [9.17, 15) is 4.79 Å². The lowest BCUT2D eigenvalue weighted by Gasteiger charge is -2.06. The molecule has 0 atom stereocenters. The molecule has 0 aliphatic rings. The fourth-order valence-corrected chi connectivity index (χ4v) is 1.75. The topological polar surface area (TPSA) is 109 Å². The molecule has 0 fully saturated rings. The first-order valence-electron chi connectivity index (χ1n) is 6.15. The Morgan fingerprint density at radius 2 is 2.21 bits per heavy atom. The smallest absolute Gasteiger partial charge is 0.326 e. The van der Waals surface area contributed by atoms with Gasteiger partial charge in [-0.1, -0.05) is 13.3 Å². The van der Waals surface area contributed by atoms with Crippen LogP contribution in [0.4, 0.5) is 11.8 Å². The summed E-state index contributed by atoms with van der Waals surface area (Å²) in [7, 11) is 0. The lowest BCUT2D eigenvalue weighted by Crippen LogP contribution is -2.14. The summed E-state index contributed by atoms with van der Waals surface area (Å²) >= 11 is 0. The summed E-state index contributed by atoms with van der Waals surface area (Å²) in [6.07, 6.45) is 3.57. The van der Waals surface area contributed by atoms with Crippen LogP contribution in [0.1, 0.15) is 19.8 Å². The maximum absolute atomic E-state index is 11.6. The summed E-state index contributed by atoms with van der Waals surface area (Å²) < 4.78 is 6.75. The summed E-state index contributed by atoms with van der Waals surface area (Å²) in [6, 6.07) is 1.75. The van der Waals surface area contributed by atoms with Crippen molar-refractivity contribution in [3.05, 3.63) is 12.3 Å². The molecule has 0 saturated heterocycles. The van der Waals surface area contributed by atoms with Gasteiger partial charge in [-0.2, -0.15) is 9.97 Å². The third-order valence-corrected chi connectivity index (χ3v) is 2.73. The van der Waals surface area contributed by atoms with Crippen molar-refractivity contribution in [1.82, 2.24) is 14.5 Å². The molecule has 19 heavy (non-hydrogen) atoms. The Kier molecular flexibility index (Phi) is 3.84. The van der Waals surface area contributed by atoms with Gasteiger partial charge in [0.1, 0.15) is 18.0 Å². The second-order valence-corrected chi connectivity index (χ2v) is 4.22. The van der Waals surface area contributed by atoms with E-state index in [-0.39, 0.29) is 18.5 Å². The van der Waals surface area contributed by atoms with Gasteiger partial charge in [-0.25, -0.2) is 0 Å². The summed E-state index contributed by atoms with van der Waals surface area (Å²) in [4.78, 5) is 19.6. The molecular weight excluding hydrogens is 246 g/mol. The fraction of sp³-hybridized carbons (Fsp3) is 0.417. The van der Waals surface area contributed by atoms with Gasteiger partial charge in [-0.3, -0.25) is 4.79 Å². The molecule has 0 saturated carbocycles. The van der Waals surface area contributed by atoms with Crippen LogP contribution < -0.4 is 11.5 Å². The number of nitrogen functional groups attached to an aromatic ring is 2. The second-order valence-electron chi connectivity index (χ2n) is 4.22. The van der Waals surface area contributed by atoms with Crippen LogP contribution >= 0.6 is 0 Å². The number of hydrogen-bond donors (Lipinski definition) is 2. The first kappa shape index (κ1) is 13.1. The molecule has 0 aromatic carbocycles. The predicted molar refractivity (Wildman–Crippen MR) is 72.2 cm³/mol. The maximum Gasteiger partial charge on any atom is 0.326 e. The second kappa shape index (κ2) is 5.55. The number of esters is 1. The van der Waals surface area contributed by atoms with E-state index in [2.05, 4.69) is 9.97 Å². The molecule has 2 aromatic rings. The van der Waals surface area contributed by atoms with Crippen LogP contribution in [0.5, 0.6) is 0 Å². The molecular formula is C12H17N5O2. The third-order valence-electron chi connectivity index (χ3n) is 2.73. The van der Waals surface area contributed by atoms with Crippen molar-refractivity contribution in [1.29, 1.82) is 0 Å². The summed E-state index contributed by atoms with van der Waals surface area (Å²) in [5.74, 6) is 0.0894. The zero-order valence-electron chi connectivity index (χ0n) is 10.8. The number of rotatable bonds is 5. The van der Waals surface area contributed by atoms with Gasteiger partial charge in [0.05, 0.1) is 12.0 Å². The largest absolute Gasteiger partial charge is 0.464 e.